The van der Waals surface area contributed by atoms with E-state index in [-0.39, 0.29) is 18.6 Å². The van der Waals surface area contributed by atoms with Gasteiger partial charge in [-0.15, -0.1) is 0 Å². The largest absolute Gasteiger partial charge is 0.396 e. The average Bonchev–Trinajstić information content (AvgIpc) is 3.11. The van der Waals surface area contributed by atoms with Crippen LogP contribution in [0.5, 0.6) is 0 Å². The van der Waals surface area contributed by atoms with Crippen LogP contribution in [-0.2, 0) is 10.0 Å². The lowest BCUT2D eigenvalue weighted by Crippen LogP contribution is -2.49. The third-order valence-electron chi connectivity index (χ3n) is 3.61. The highest BCUT2D eigenvalue weighted by molar-refractivity contribution is 7.89. The van der Waals surface area contributed by atoms with Gasteiger partial charge in [0.25, 0.3) is 0 Å². The molecule has 1 aliphatic heterocycles. The monoisotopic (exact) mass is 282 g/mol. The number of nitrogens with one attached hydrogen (secondary N) is 1. The summed E-state index contributed by atoms with van der Waals surface area (Å²) in [4.78, 5) is 2.35. The lowest BCUT2D eigenvalue weighted by atomic mass is 10.0. The highest BCUT2D eigenvalue weighted by Crippen LogP contribution is 2.32. The highest BCUT2D eigenvalue weighted by Gasteiger charge is 2.33. The van der Waals surface area contributed by atoms with E-state index in [1.165, 1.54) is 0 Å². The maximum atomic E-state index is 12.3. The number of hydrogen-bond donors (Lipinski definition) is 2. The molecule has 1 heterocycles. The van der Waals surface area contributed by atoms with Crippen molar-refractivity contribution >= 4 is 15.7 Å². The lowest BCUT2D eigenvalue weighted by Gasteiger charge is -2.40. The molecule has 1 aliphatic carbocycles. The van der Waals surface area contributed by atoms with Crippen LogP contribution < -0.4 is 9.62 Å². The van der Waals surface area contributed by atoms with Gasteiger partial charge in [0, 0.05) is 31.7 Å². The van der Waals surface area contributed by atoms with E-state index < -0.39 is 10.0 Å². The number of anilines is 1. The molecule has 1 aromatic rings. The zero-order valence-electron chi connectivity index (χ0n) is 10.6. The Hall–Kier alpha value is -1.11. The number of aliphatic hydroxyl groups excluding tert-OH is 1. The minimum absolute atomic E-state index is 0.111. The Morgan fingerprint density at radius 1 is 1.26 bits per heavy atom. The fourth-order valence-corrected chi connectivity index (χ4v) is 3.84. The predicted octanol–water partition coefficient (Wildman–Crippen LogP) is 0.556. The number of benzene rings is 1. The summed E-state index contributed by atoms with van der Waals surface area (Å²) < 4.78 is 27.3. The molecule has 2 fully saturated rings. The first kappa shape index (κ1) is 12.9. The predicted molar refractivity (Wildman–Crippen MR) is 72.6 cm³/mol. The van der Waals surface area contributed by atoms with Gasteiger partial charge in [-0.05, 0) is 25.0 Å². The van der Waals surface area contributed by atoms with Crippen molar-refractivity contribution < 1.29 is 13.5 Å². The molecule has 0 amide bonds. The molecule has 104 valence electrons. The summed E-state index contributed by atoms with van der Waals surface area (Å²) in [5.74, 6) is 0.257. The van der Waals surface area contributed by atoms with Crippen molar-refractivity contribution in [2.45, 2.75) is 23.8 Å². The van der Waals surface area contributed by atoms with Crippen LogP contribution in [0, 0.1) is 5.92 Å². The first-order chi connectivity index (χ1) is 9.10. The topological polar surface area (TPSA) is 69.6 Å². The molecule has 5 nitrogen and oxygen atoms in total. The van der Waals surface area contributed by atoms with Crippen molar-refractivity contribution in [2.24, 2.45) is 5.92 Å². The van der Waals surface area contributed by atoms with Crippen LogP contribution in [0.15, 0.2) is 29.2 Å². The van der Waals surface area contributed by atoms with Crippen molar-refractivity contribution in [1.29, 1.82) is 0 Å². The second-order valence-electron chi connectivity index (χ2n) is 5.32. The summed E-state index contributed by atoms with van der Waals surface area (Å²) in [6, 6.07) is 7.17. The Morgan fingerprint density at radius 2 is 1.95 bits per heavy atom. The molecule has 0 aromatic heterocycles. The van der Waals surface area contributed by atoms with Crippen molar-refractivity contribution in [3.63, 3.8) is 0 Å². The minimum Gasteiger partial charge on any atom is -0.396 e. The van der Waals surface area contributed by atoms with Gasteiger partial charge in [0.05, 0.1) is 5.69 Å². The van der Waals surface area contributed by atoms with Crippen molar-refractivity contribution in [2.75, 3.05) is 24.6 Å². The SMILES string of the molecule is O=S(=O)(NC1CC1)c1ccccc1N1CC(CO)C1. The van der Waals surface area contributed by atoms with Gasteiger partial charge in [0.2, 0.25) is 10.0 Å². The number of rotatable bonds is 5. The molecule has 0 bridgehead atoms. The molecule has 2 N–H and O–H groups in total. The molecule has 6 heteroatoms. The third kappa shape index (κ3) is 2.61. The van der Waals surface area contributed by atoms with Crippen LogP contribution in [-0.4, -0.2) is 39.3 Å². The Morgan fingerprint density at radius 3 is 2.58 bits per heavy atom. The summed E-state index contributed by atoms with van der Waals surface area (Å²) >= 11 is 0. The van der Waals surface area contributed by atoms with E-state index in [4.69, 9.17) is 5.11 Å². The Bertz CT molecular complexity index is 563. The van der Waals surface area contributed by atoms with Crippen LogP contribution in [0.25, 0.3) is 0 Å². The molecular formula is C13H18N2O3S. The standard InChI is InChI=1S/C13H18N2O3S/c16-9-10-7-15(8-10)12-3-1-2-4-13(12)19(17,18)14-11-5-6-11/h1-4,10-11,14,16H,5-9H2. The van der Waals surface area contributed by atoms with Gasteiger partial charge >= 0.3 is 0 Å². The van der Waals surface area contributed by atoms with E-state index in [9.17, 15) is 8.42 Å². The van der Waals surface area contributed by atoms with Crippen molar-refractivity contribution in [3.8, 4) is 0 Å². The van der Waals surface area contributed by atoms with Gasteiger partial charge in [-0.1, -0.05) is 12.1 Å². The van der Waals surface area contributed by atoms with E-state index >= 15 is 0 Å². The highest BCUT2D eigenvalue weighted by atomic mass is 32.2. The molecule has 1 saturated heterocycles. The second kappa shape index (κ2) is 4.77. The summed E-state index contributed by atoms with van der Waals surface area (Å²) in [7, 11) is -3.43. The normalized spacial score (nSPS) is 20.4. The summed E-state index contributed by atoms with van der Waals surface area (Å²) in [6.07, 6.45) is 1.86. The Labute approximate surface area is 113 Å². The van der Waals surface area contributed by atoms with Gasteiger partial charge in [-0.2, -0.15) is 0 Å². The summed E-state index contributed by atoms with van der Waals surface area (Å²) in [5.41, 5.74) is 0.736. The Kier molecular flexibility index (Phi) is 3.24. The first-order valence-electron chi connectivity index (χ1n) is 6.57. The van der Waals surface area contributed by atoms with Crippen LogP contribution >= 0.6 is 0 Å². The summed E-state index contributed by atoms with van der Waals surface area (Å²) in [6.45, 7) is 1.59. The third-order valence-corrected chi connectivity index (χ3v) is 5.18. The van der Waals surface area contributed by atoms with Gasteiger partial charge in [-0.3, -0.25) is 0 Å². The zero-order valence-corrected chi connectivity index (χ0v) is 11.4. The Balaban J connectivity index is 1.85. The number of aliphatic hydroxyl groups is 1. The smallest absolute Gasteiger partial charge is 0.242 e. The van der Waals surface area contributed by atoms with Gasteiger partial charge in [0.1, 0.15) is 4.90 Å². The molecule has 0 unspecified atom stereocenters. The summed E-state index contributed by atoms with van der Waals surface area (Å²) in [5, 5.41) is 9.05. The molecule has 0 atom stereocenters. The van der Waals surface area contributed by atoms with E-state index in [2.05, 4.69) is 4.72 Å². The maximum absolute atomic E-state index is 12.3. The number of hydrogen-bond acceptors (Lipinski definition) is 4. The van der Waals surface area contributed by atoms with Crippen LogP contribution in [0.2, 0.25) is 0 Å². The molecule has 1 aromatic carbocycles. The van der Waals surface area contributed by atoms with Crippen LogP contribution in [0.4, 0.5) is 5.69 Å². The fourth-order valence-electron chi connectivity index (χ4n) is 2.31. The minimum atomic E-state index is -3.43. The van der Waals surface area contributed by atoms with E-state index in [1.54, 1.807) is 12.1 Å². The van der Waals surface area contributed by atoms with Gasteiger partial charge < -0.3 is 10.0 Å². The molecule has 3 rings (SSSR count). The average molecular weight is 282 g/mol. The molecular weight excluding hydrogens is 264 g/mol. The molecule has 2 aliphatic rings. The van der Waals surface area contributed by atoms with Crippen LogP contribution in [0.1, 0.15) is 12.8 Å². The molecule has 1 saturated carbocycles. The maximum Gasteiger partial charge on any atom is 0.242 e. The first-order valence-corrected chi connectivity index (χ1v) is 8.05. The number of para-hydroxylation sites is 1. The zero-order chi connectivity index (χ0) is 13.5. The molecule has 19 heavy (non-hydrogen) atoms. The second-order valence-corrected chi connectivity index (χ2v) is 7.00. The quantitative estimate of drug-likeness (QED) is 0.828. The number of sulfonamides is 1. The fraction of sp³-hybridized carbons (Fsp3) is 0.538. The van der Waals surface area contributed by atoms with E-state index in [0.29, 0.717) is 18.0 Å². The van der Waals surface area contributed by atoms with Gasteiger partial charge in [0.15, 0.2) is 0 Å². The van der Waals surface area contributed by atoms with E-state index in [1.807, 2.05) is 17.0 Å². The van der Waals surface area contributed by atoms with Crippen LogP contribution in [0.3, 0.4) is 0 Å². The van der Waals surface area contributed by atoms with E-state index in [0.717, 1.165) is 18.5 Å². The molecule has 0 spiro atoms. The van der Waals surface area contributed by atoms with Crippen molar-refractivity contribution in [3.05, 3.63) is 24.3 Å². The lowest BCUT2D eigenvalue weighted by molar-refractivity contribution is 0.200. The van der Waals surface area contributed by atoms with Gasteiger partial charge in [-0.25, -0.2) is 13.1 Å². The number of nitrogens with zero attached hydrogens (tertiary/aromatic N) is 1. The molecule has 0 radical (unpaired) electrons. The van der Waals surface area contributed by atoms with Crippen molar-refractivity contribution in [1.82, 2.24) is 4.72 Å².